The van der Waals surface area contributed by atoms with Crippen LogP contribution >= 0.6 is 0 Å². The summed E-state index contributed by atoms with van der Waals surface area (Å²) in [5.74, 6) is 0.741. The van der Waals surface area contributed by atoms with E-state index in [0.29, 0.717) is 34.6 Å². The van der Waals surface area contributed by atoms with Gasteiger partial charge in [0.15, 0.2) is 0 Å². The molecule has 0 fully saturated rings. The molecule has 0 unspecified atom stereocenters. The summed E-state index contributed by atoms with van der Waals surface area (Å²) in [7, 11) is 0. The number of aromatic hydroxyl groups is 1. The van der Waals surface area contributed by atoms with Crippen LogP contribution in [0.2, 0.25) is 0 Å². The topological polar surface area (TPSA) is 101 Å². The van der Waals surface area contributed by atoms with E-state index in [-0.39, 0.29) is 17.2 Å². The van der Waals surface area contributed by atoms with Gasteiger partial charge in [0.05, 0.1) is 12.1 Å². The van der Waals surface area contributed by atoms with E-state index in [1.54, 1.807) is 30.3 Å². The van der Waals surface area contributed by atoms with Gasteiger partial charge in [-0.05, 0) is 31.2 Å². The molecule has 26 heavy (non-hydrogen) atoms. The lowest BCUT2D eigenvalue weighted by Gasteiger charge is -2.04. The summed E-state index contributed by atoms with van der Waals surface area (Å²) in [6.45, 7) is 2.44. The second kappa shape index (κ2) is 6.36. The number of H-pyrrole nitrogens is 1. The number of hydrogen-bond donors (Lipinski definition) is 2. The quantitative estimate of drug-likeness (QED) is 0.586. The number of pyridine rings is 1. The summed E-state index contributed by atoms with van der Waals surface area (Å²) in [5, 5.41) is 14.9. The Bertz CT molecular complexity index is 1150. The highest BCUT2D eigenvalue weighted by molar-refractivity contribution is 5.90. The van der Waals surface area contributed by atoms with E-state index in [0.717, 1.165) is 0 Å². The lowest BCUT2D eigenvalue weighted by molar-refractivity contribution is 0.340. The zero-order valence-electron chi connectivity index (χ0n) is 13.9. The summed E-state index contributed by atoms with van der Waals surface area (Å²) in [6.07, 6.45) is 0. The van der Waals surface area contributed by atoms with Gasteiger partial charge < -0.3 is 19.4 Å². The number of aromatic amines is 1. The minimum Gasteiger partial charge on any atom is -0.506 e. The zero-order chi connectivity index (χ0) is 18.1. The normalized spacial score (nSPS) is 11.0. The minimum absolute atomic E-state index is 0.0497. The molecule has 2 aromatic carbocycles. The number of benzene rings is 2. The Morgan fingerprint density at radius 2 is 2.04 bits per heavy atom. The number of aromatic nitrogens is 3. The Labute approximate surface area is 147 Å². The molecule has 0 amide bonds. The van der Waals surface area contributed by atoms with Gasteiger partial charge in [-0.1, -0.05) is 29.4 Å². The van der Waals surface area contributed by atoms with Crippen LogP contribution in [0.3, 0.4) is 0 Å². The molecular formula is C19H15N3O4. The Morgan fingerprint density at radius 3 is 2.88 bits per heavy atom. The summed E-state index contributed by atoms with van der Waals surface area (Å²) in [6, 6.07) is 14.2. The van der Waals surface area contributed by atoms with Crippen molar-refractivity contribution in [3.63, 3.8) is 0 Å². The fourth-order valence-electron chi connectivity index (χ4n) is 2.76. The third-order valence-corrected chi connectivity index (χ3v) is 3.94. The molecule has 0 aliphatic heterocycles. The van der Waals surface area contributed by atoms with Crippen LogP contribution in [0.25, 0.3) is 33.7 Å². The van der Waals surface area contributed by atoms with Crippen LogP contribution in [0, 0.1) is 0 Å². The molecule has 7 nitrogen and oxygen atoms in total. The van der Waals surface area contributed by atoms with Crippen LogP contribution in [0.5, 0.6) is 11.5 Å². The van der Waals surface area contributed by atoms with E-state index >= 15 is 0 Å². The molecule has 2 heterocycles. The largest absolute Gasteiger partial charge is 0.506 e. The van der Waals surface area contributed by atoms with E-state index in [2.05, 4.69) is 15.1 Å². The summed E-state index contributed by atoms with van der Waals surface area (Å²) in [5.41, 5.74) is 0.661. The van der Waals surface area contributed by atoms with E-state index in [1.807, 2.05) is 25.1 Å². The number of fused-ring (bicyclic) bond motifs is 1. The third kappa shape index (κ3) is 2.69. The predicted octanol–water partition coefficient (Wildman–Crippen LogP) is 3.35. The fourth-order valence-corrected chi connectivity index (χ4v) is 2.76. The van der Waals surface area contributed by atoms with Crippen molar-refractivity contribution in [1.29, 1.82) is 0 Å². The standard InChI is InChI=1S/C19H15N3O4/c1-2-25-12-7-5-6-11(10-12)17-21-19(26-22-17)15-16(23)13-8-3-4-9-14(13)20-18(15)24/h3-10H,2H2,1H3,(H2,20,23,24). The highest BCUT2D eigenvalue weighted by atomic mass is 16.5. The summed E-state index contributed by atoms with van der Waals surface area (Å²) < 4.78 is 10.7. The molecule has 7 heteroatoms. The first-order valence-corrected chi connectivity index (χ1v) is 8.08. The number of para-hydroxylation sites is 1. The number of hydrogen-bond acceptors (Lipinski definition) is 6. The molecule has 0 atom stereocenters. The summed E-state index contributed by atoms with van der Waals surface area (Å²) >= 11 is 0. The molecule has 0 aliphatic carbocycles. The number of rotatable bonds is 4. The van der Waals surface area contributed by atoms with Crippen LogP contribution in [0.15, 0.2) is 57.8 Å². The second-order valence-electron chi connectivity index (χ2n) is 5.61. The van der Waals surface area contributed by atoms with Crippen molar-refractivity contribution in [2.75, 3.05) is 6.61 Å². The molecule has 4 rings (SSSR count). The average molecular weight is 349 g/mol. The first-order chi connectivity index (χ1) is 12.7. The van der Waals surface area contributed by atoms with Gasteiger partial charge in [-0.25, -0.2) is 0 Å². The van der Waals surface area contributed by atoms with Crippen LogP contribution < -0.4 is 10.3 Å². The van der Waals surface area contributed by atoms with Gasteiger partial charge in [0.1, 0.15) is 17.1 Å². The van der Waals surface area contributed by atoms with Crippen LogP contribution in [-0.2, 0) is 0 Å². The summed E-state index contributed by atoms with van der Waals surface area (Å²) in [4.78, 5) is 19.4. The van der Waals surface area contributed by atoms with Crippen molar-refractivity contribution < 1.29 is 14.4 Å². The maximum atomic E-state index is 12.4. The molecule has 0 spiro atoms. The van der Waals surface area contributed by atoms with Crippen molar-refractivity contribution >= 4 is 10.9 Å². The Hall–Kier alpha value is -3.61. The highest BCUT2D eigenvalue weighted by Crippen LogP contribution is 2.32. The van der Waals surface area contributed by atoms with E-state index in [1.165, 1.54) is 0 Å². The van der Waals surface area contributed by atoms with Gasteiger partial charge in [0.2, 0.25) is 5.82 Å². The van der Waals surface area contributed by atoms with E-state index in [4.69, 9.17) is 9.26 Å². The van der Waals surface area contributed by atoms with Gasteiger partial charge in [-0.3, -0.25) is 4.79 Å². The van der Waals surface area contributed by atoms with Crippen LogP contribution in [0.4, 0.5) is 0 Å². The lowest BCUT2D eigenvalue weighted by Crippen LogP contribution is -2.09. The van der Waals surface area contributed by atoms with Crippen molar-refractivity contribution in [3.05, 3.63) is 58.9 Å². The van der Waals surface area contributed by atoms with Crippen molar-refractivity contribution in [3.8, 4) is 34.3 Å². The van der Waals surface area contributed by atoms with Gasteiger partial charge in [-0.2, -0.15) is 4.98 Å². The molecule has 4 aromatic rings. The van der Waals surface area contributed by atoms with Crippen molar-refractivity contribution in [2.45, 2.75) is 6.92 Å². The fraction of sp³-hybridized carbons (Fsp3) is 0.105. The average Bonchev–Trinajstić information content (AvgIpc) is 3.12. The third-order valence-electron chi connectivity index (χ3n) is 3.94. The highest BCUT2D eigenvalue weighted by Gasteiger charge is 2.20. The number of nitrogens with zero attached hydrogens (tertiary/aromatic N) is 2. The van der Waals surface area contributed by atoms with Crippen LogP contribution in [0.1, 0.15) is 6.92 Å². The molecule has 0 saturated carbocycles. The monoisotopic (exact) mass is 349 g/mol. The van der Waals surface area contributed by atoms with Gasteiger partial charge in [-0.15, -0.1) is 0 Å². The zero-order valence-corrected chi connectivity index (χ0v) is 13.9. The first kappa shape index (κ1) is 15.9. The van der Waals surface area contributed by atoms with E-state index in [9.17, 15) is 9.90 Å². The van der Waals surface area contributed by atoms with Gasteiger partial charge in [0, 0.05) is 10.9 Å². The molecule has 2 N–H and O–H groups in total. The Balaban J connectivity index is 1.81. The maximum absolute atomic E-state index is 12.4. The minimum atomic E-state index is -0.500. The number of ether oxygens (including phenoxy) is 1. The second-order valence-corrected chi connectivity index (χ2v) is 5.61. The maximum Gasteiger partial charge on any atom is 0.267 e. The van der Waals surface area contributed by atoms with Crippen molar-refractivity contribution in [2.24, 2.45) is 0 Å². The Morgan fingerprint density at radius 1 is 1.19 bits per heavy atom. The molecule has 0 aliphatic rings. The van der Waals surface area contributed by atoms with Gasteiger partial charge >= 0.3 is 0 Å². The molecule has 0 bridgehead atoms. The first-order valence-electron chi connectivity index (χ1n) is 8.08. The Kier molecular flexibility index (Phi) is 3.89. The molecule has 0 saturated heterocycles. The van der Waals surface area contributed by atoms with Gasteiger partial charge in [0.25, 0.3) is 11.4 Å². The van der Waals surface area contributed by atoms with Crippen LogP contribution in [-0.4, -0.2) is 26.8 Å². The predicted molar refractivity (Wildman–Crippen MR) is 96.1 cm³/mol. The van der Waals surface area contributed by atoms with Crippen molar-refractivity contribution in [1.82, 2.24) is 15.1 Å². The van der Waals surface area contributed by atoms with E-state index < -0.39 is 5.56 Å². The SMILES string of the molecule is CCOc1cccc(-c2noc(-c3c(O)c4ccccc4[nH]c3=O)n2)c1. The molecular weight excluding hydrogens is 334 g/mol. The molecule has 0 radical (unpaired) electrons. The lowest BCUT2D eigenvalue weighted by atomic mass is 10.1. The molecule has 130 valence electrons. The smallest absolute Gasteiger partial charge is 0.267 e. The molecule has 2 aromatic heterocycles. The number of nitrogens with one attached hydrogen (secondary N) is 1.